The summed E-state index contributed by atoms with van der Waals surface area (Å²) in [4.78, 5) is 14.2. The maximum Gasteiger partial charge on any atom is 0.155 e. The molecule has 1 fully saturated rings. The molecule has 6 heteroatoms. The summed E-state index contributed by atoms with van der Waals surface area (Å²) >= 11 is 6.33. The molecule has 3 rings (SSSR count). The smallest absolute Gasteiger partial charge is 0.155 e. The van der Waals surface area contributed by atoms with Crippen LogP contribution >= 0.6 is 11.6 Å². The average molecular weight is 465 g/mol. The SMILES string of the molecule is COC1C=C(C2(O)CCN(C[C@H](NCC3CC=CC(=O)C3)C(C)C)CC2(C)C)C=CC1Cl. The Morgan fingerprint density at radius 2 is 2.09 bits per heavy atom. The lowest BCUT2D eigenvalue weighted by atomic mass is 9.65. The van der Waals surface area contributed by atoms with E-state index in [0.717, 1.165) is 38.2 Å². The van der Waals surface area contributed by atoms with Crippen molar-refractivity contribution in [2.24, 2.45) is 17.3 Å². The molecule has 0 bridgehead atoms. The molecule has 32 heavy (non-hydrogen) atoms. The van der Waals surface area contributed by atoms with E-state index in [0.29, 0.717) is 30.7 Å². The topological polar surface area (TPSA) is 61.8 Å². The van der Waals surface area contributed by atoms with Crippen LogP contribution in [0, 0.1) is 17.3 Å². The zero-order valence-corrected chi connectivity index (χ0v) is 21.1. The maximum atomic E-state index is 11.8. The number of halogens is 1. The van der Waals surface area contributed by atoms with Gasteiger partial charge in [0.1, 0.15) is 0 Å². The zero-order chi connectivity index (χ0) is 23.5. The third kappa shape index (κ3) is 5.74. The molecule has 0 aromatic rings. The Balaban J connectivity index is 1.63. The molecule has 5 nitrogen and oxygen atoms in total. The second kappa shape index (κ2) is 10.5. The molecule has 5 atom stereocenters. The van der Waals surface area contributed by atoms with E-state index in [-0.39, 0.29) is 22.7 Å². The maximum absolute atomic E-state index is 11.8. The summed E-state index contributed by atoms with van der Waals surface area (Å²) in [5.41, 5.74) is -0.316. The molecule has 3 aliphatic rings. The third-order valence-electron chi connectivity index (χ3n) is 7.59. The molecule has 0 aromatic heterocycles. The Morgan fingerprint density at radius 1 is 1.34 bits per heavy atom. The predicted molar refractivity (Wildman–Crippen MR) is 131 cm³/mol. The highest BCUT2D eigenvalue weighted by molar-refractivity contribution is 6.22. The van der Waals surface area contributed by atoms with Crippen LogP contribution in [0.1, 0.15) is 47.0 Å². The van der Waals surface area contributed by atoms with Crippen molar-refractivity contribution in [3.05, 3.63) is 36.0 Å². The number of alkyl halides is 1. The molecule has 1 heterocycles. The molecule has 180 valence electrons. The van der Waals surface area contributed by atoms with E-state index in [1.807, 2.05) is 24.3 Å². The van der Waals surface area contributed by atoms with Crippen LogP contribution in [0.2, 0.25) is 0 Å². The fourth-order valence-electron chi connectivity index (χ4n) is 5.31. The minimum Gasteiger partial charge on any atom is -0.385 e. The standard InChI is InChI=1S/C26H41ClN2O3/c1-18(2)23(28-15-19-7-6-8-21(30)13-19)16-29-12-11-26(31,25(3,4)17-29)20-9-10-22(27)24(14-20)32-5/h6,8-10,14,18-19,22-24,28,31H,7,11-13,15-17H2,1-5H3/t19?,22?,23-,24?,26?/m0/s1. The van der Waals surface area contributed by atoms with Gasteiger partial charge in [0.05, 0.1) is 17.1 Å². The first-order chi connectivity index (χ1) is 15.1. The van der Waals surface area contributed by atoms with Gasteiger partial charge in [-0.1, -0.05) is 45.9 Å². The number of ketones is 1. The van der Waals surface area contributed by atoms with Crippen molar-refractivity contribution in [3.8, 4) is 0 Å². The minimum absolute atomic E-state index is 0.205. The van der Waals surface area contributed by atoms with Gasteiger partial charge in [0.15, 0.2) is 5.78 Å². The molecule has 0 radical (unpaired) electrons. The lowest BCUT2D eigenvalue weighted by Crippen LogP contribution is -2.60. The lowest BCUT2D eigenvalue weighted by molar-refractivity contribution is -0.115. The van der Waals surface area contributed by atoms with Crippen LogP contribution < -0.4 is 5.32 Å². The van der Waals surface area contributed by atoms with E-state index in [2.05, 4.69) is 37.9 Å². The van der Waals surface area contributed by atoms with Gasteiger partial charge < -0.3 is 20.1 Å². The first-order valence-corrected chi connectivity index (χ1v) is 12.4. The van der Waals surface area contributed by atoms with Crippen molar-refractivity contribution in [1.82, 2.24) is 10.2 Å². The fraction of sp³-hybridized carbons (Fsp3) is 0.731. The molecule has 2 N–H and O–H groups in total. The van der Waals surface area contributed by atoms with E-state index in [1.54, 1.807) is 13.2 Å². The highest BCUT2D eigenvalue weighted by atomic mass is 35.5. The Kier molecular flexibility index (Phi) is 8.43. The van der Waals surface area contributed by atoms with Crippen LogP contribution in [0.15, 0.2) is 36.0 Å². The van der Waals surface area contributed by atoms with Gasteiger partial charge in [-0.05, 0) is 48.9 Å². The Bertz CT molecular complexity index is 760. The molecule has 0 spiro atoms. The fourth-order valence-corrected chi connectivity index (χ4v) is 5.56. The molecular weight excluding hydrogens is 424 g/mol. The minimum atomic E-state index is -0.913. The van der Waals surface area contributed by atoms with E-state index < -0.39 is 5.60 Å². The highest BCUT2D eigenvalue weighted by Crippen LogP contribution is 2.45. The van der Waals surface area contributed by atoms with Crippen molar-refractivity contribution in [1.29, 1.82) is 0 Å². The van der Waals surface area contributed by atoms with Gasteiger partial charge in [-0.2, -0.15) is 0 Å². The summed E-state index contributed by atoms with van der Waals surface area (Å²) in [7, 11) is 1.66. The van der Waals surface area contributed by atoms with E-state index >= 15 is 0 Å². The summed E-state index contributed by atoms with van der Waals surface area (Å²) in [5.74, 6) is 1.12. The van der Waals surface area contributed by atoms with Crippen molar-refractivity contribution in [2.45, 2.75) is 70.1 Å². The highest BCUT2D eigenvalue weighted by Gasteiger charge is 2.50. The van der Waals surface area contributed by atoms with E-state index in [4.69, 9.17) is 16.3 Å². The second-order valence-corrected chi connectivity index (χ2v) is 11.3. The summed E-state index contributed by atoms with van der Waals surface area (Å²) in [6.45, 7) is 12.3. The number of carbonyl (C=O) groups excluding carboxylic acids is 1. The van der Waals surface area contributed by atoms with Gasteiger partial charge in [-0.15, -0.1) is 11.6 Å². The number of hydrogen-bond acceptors (Lipinski definition) is 5. The van der Waals surface area contributed by atoms with E-state index in [9.17, 15) is 9.90 Å². The van der Waals surface area contributed by atoms with Gasteiger partial charge in [-0.25, -0.2) is 0 Å². The number of nitrogens with zero attached hydrogens (tertiary/aromatic N) is 1. The Morgan fingerprint density at radius 3 is 2.72 bits per heavy atom. The first kappa shape index (κ1) is 25.6. The van der Waals surface area contributed by atoms with Crippen LogP contribution in [-0.4, -0.2) is 72.2 Å². The van der Waals surface area contributed by atoms with E-state index in [1.165, 1.54) is 0 Å². The van der Waals surface area contributed by atoms with Crippen LogP contribution in [0.25, 0.3) is 0 Å². The van der Waals surface area contributed by atoms with Gasteiger partial charge in [0.2, 0.25) is 0 Å². The average Bonchev–Trinajstić information content (AvgIpc) is 2.73. The molecule has 1 aliphatic heterocycles. The quantitative estimate of drug-likeness (QED) is 0.536. The number of carbonyl (C=O) groups is 1. The van der Waals surface area contributed by atoms with Crippen molar-refractivity contribution >= 4 is 17.4 Å². The molecule has 2 aliphatic carbocycles. The van der Waals surface area contributed by atoms with Crippen LogP contribution in [0.4, 0.5) is 0 Å². The number of ether oxygens (including phenoxy) is 1. The number of allylic oxidation sites excluding steroid dienone is 2. The summed E-state index contributed by atoms with van der Waals surface area (Å²) in [6, 6.07) is 0.349. The number of piperidine rings is 1. The number of nitrogens with one attached hydrogen (secondary N) is 1. The molecule has 4 unspecified atom stereocenters. The van der Waals surface area contributed by atoms with Crippen LogP contribution in [-0.2, 0) is 9.53 Å². The Labute approximate surface area is 198 Å². The summed E-state index contributed by atoms with van der Waals surface area (Å²) in [5, 5.41) is 15.3. The van der Waals surface area contributed by atoms with Crippen molar-refractivity contribution < 1.29 is 14.6 Å². The normalized spacial score (nSPS) is 34.1. The second-order valence-electron chi connectivity index (χ2n) is 10.8. The number of rotatable bonds is 8. The number of methoxy groups -OCH3 is 1. The van der Waals surface area contributed by atoms with Gasteiger partial charge in [0, 0.05) is 44.6 Å². The van der Waals surface area contributed by atoms with Gasteiger partial charge in [-0.3, -0.25) is 4.79 Å². The van der Waals surface area contributed by atoms with Crippen LogP contribution in [0.3, 0.4) is 0 Å². The third-order valence-corrected chi connectivity index (χ3v) is 7.98. The molecular formula is C26H41ClN2O3. The first-order valence-electron chi connectivity index (χ1n) is 12.0. The summed E-state index contributed by atoms with van der Waals surface area (Å²) in [6.07, 6.45) is 11.7. The van der Waals surface area contributed by atoms with Gasteiger partial charge in [0.25, 0.3) is 0 Å². The Hall–Kier alpha value is -0.980. The predicted octanol–water partition coefficient (Wildman–Crippen LogP) is 3.72. The molecule has 0 aromatic carbocycles. The number of likely N-dealkylation sites (tertiary alicyclic amines) is 1. The molecule has 0 amide bonds. The van der Waals surface area contributed by atoms with Crippen molar-refractivity contribution in [3.63, 3.8) is 0 Å². The summed E-state index contributed by atoms with van der Waals surface area (Å²) < 4.78 is 5.51. The molecule has 1 saturated heterocycles. The number of aliphatic hydroxyl groups is 1. The lowest BCUT2D eigenvalue weighted by Gasteiger charge is -2.52. The number of hydrogen-bond donors (Lipinski definition) is 2. The van der Waals surface area contributed by atoms with Crippen molar-refractivity contribution in [2.75, 3.05) is 33.3 Å². The van der Waals surface area contributed by atoms with Crippen LogP contribution in [0.5, 0.6) is 0 Å². The largest absolute Gasteiger partial charge is 0.385 e. The van der Waals surface area contributed by atoms with Gasteiger partial charge >= 0.3 is 0 Å². The molecule has 0 saturated carbocycles. The zero-order valence-electron chi connectivity index (χ0n) is 20.3. The monoisotopic (exact) mass is 464 g/mol.